The number of piperidine rings is 1. The van der Waals surface area contributed by atoms with Crippen molar-refractivity contribution in [1.82, 2.24) is 4.90 Å². The van der Waals surface area contributed by atoms with Crippen molar-refractivity contribution in [2.75, 3.05) is 27.3 Å². The third-order valence-corrected chi connectivity index (χ3v) is 3.86. The number of hydrogen-bond donors (Lipinski definition) is 1. The molecule has 0 radical (unpaired) electrons. The summed E-state index contributed by atoms with van der Waals surface area (Å²) < 4.78 is 10.5. The quantitative estimate of drug-likeness (QED) is 0.916. The van der Waals surface area contributed by atoms with Crippen LogP contribution in [0.3, 0.4) is 0 Å². The van der Waals surface area contributed by atoms with Crippen LogP contribution in [0.15, 0.2) is 18.2 Å². The molecule has 1 saturated heterocycles. The van der Waals surface area contributed by atoms with E-state index in [0.717, 1.165) is 18.4 Å². The number of carbonyl (C=O) groups is 1. The highest BCUT2D eigenvalue weighted by Crippen LogP contribution is 2.26. The second-order valence-corrected chi connectivity index (χ2v) is 5.77. The van der Waals surface area contributed by atoms with E-state index in [-0.39, 0.29) is 12.3 Å². The molecule has 1 heterocycles. The van der Waals surface area contributed by atoms with Crippen molar-refractivity contribution in [1.29, 1.82) is 0 Å². The average Bonchev–Trinajstić information content (AvgIpc) is 2.46. The van der Waals surface area contributed by atoms with Crippen LogP contribution in [0.1, 0.15) is 25.3 Å². The number of β-amino-alcohol motifs (C(OH)–C–C–N with tert-alkyl or cyclic N) is 1. The fraction of sp³-hybridized carbons (Fsp3) is 0.562. The molecule has 0 aliphatic carbocycles. The Labute approximate surface area is 125 Å². The number of nitrogens with zero attached hydrogens (tertiary/aromatic N) is 1. The van der Waals surface area contributed by atoms with Gasteiger partial charge in [0.2, 0.25) is 5.91 Å². The zero-order chi connectivity index (χ0) is 15.5. The van der Waals surface area contributed by atoms with Crippen molar-refractivity contribution in [3.63, 3.8) is 0 Å². The second-order valence-electron chi connectivity index (χ2n) is 5.77. The maximum absolute atomic E-state index is 12.4. The fourth-order valence-corrected chi connectivity index (χ4v) is 2.71. The number of methoxy groups -OCH3 is 2. The average molecular weight is 293 g/mol. The van der Waals surface area contributed by atoms with E-state index in [1.54, 1.807) is 32.1 Å². The number of benzene rings is 1. The summed E-state index contributed by atoms with van der Waals surface area (Å²) in [6, 6.07) is 5.43. The lowest BCUT2D eigenvalue weighted by Gasteiger charge is -2.37. The minimum absolute atomic E-state index is 0.0124. The van der Waals surface area contributed by atoms with E-state index in [1.807, 2.05) is 12.1 Å². The van der Waals surface area contributed by atoms with Crippen LogP contribution >= 0.6 is 0 Å². The maximum atomic E-state index is 12.4. The molecule has 0 bridgehead atoms. The van der Waals surface area contributed by atoms with E-state index in [9.17, 15) is 9.90 Å². The van der Waals surface area contributed by atoms with Gasteiger partial charge in [0.05, 0.1) is 26.2 Å². The molecule has 116 valence electrons. The third-order valence-electron chi connectivity index (χ3n) is 3.86. The molecule has 1 N–H and O–H groups in total. The van der Waals surface area contributed by atoms with Gasteiger partial charge in [-0.15, -0.1) is 0 Å². The monoisotopic (exact) mass is 293 g/mol. The van der Waals surface area contributed by atoms with Crippen molar-refractivity contribution in [2.24, 2.45) is 0 Å². The van der Waals surface area contributed by atoms with Crippen LogP contribution in [0.4, 0.5) is 0 Å². The van der Waals surface area contributed by atoms with Crippen LogP contribution in [0.25, 0.3) is 0 Å². The van der Waals surface area contributed by atoms with Crippen molar-refractivity contribution in [3.05, 3.63) is 23.8 Å². The Kier molecular flexibility index (Phi) is 4.73. The van der Waals surface area contributed by atoms with E-state index < -0.39 is 5.60 Å². The highest BCUT2D eigenvalue weighted by Gasteiger charge is 2.31. The Morgan fingerprint density at radius 3 is 2.76 bits per heavy atom. The van der Waals surface area contributed by atoms with E-state index >= 15 is 0 Å². The molecule has 1 aromatic rings. The summed E-state index contributed by atoms with van der Waals surface area (Å²) in [6.07, 6.45) is 1.84. The number of likely N-dealkylation sites (tertiary alicyclic amines) is 1. The van der Waals surface area contributed by atoms with E-state index in [2.05, 4.69) is 0 Å². The van der Waals surface area contributed by atoms with Crippen molar-refractivity contribution in [3.8, 4) is 11.5 Å². The first kappa shape index (κ1) is 15.6. The van der Waals surface area contributed by atoms with E-state index in [4.69, 9.17) is 9.47 Å². The normalized spacial score (nSPS) is 22.0. The van der Waals surface area contributed by atoms with Gasteiger partial charge in [-0.3, -0.25) is 4.79 Å². The summed E-state index contributed by atoms with van der Waals surface area (Å²) in [6.45, 7) is 2.87. The summed E-state index contributed by atoms with van der Waals surface area (Å²) >= 11 is 0. The van der Waals surface area contributed by atoms with Crippen LogP contribution in [0.2, 0.25) is 0 Å². The van der Waals surface area contributed by atoms with Crippen LogP contribution < -0.4 is 9.47 Å². The molecule has 2 rings (SSSR count). The predicted molar refractivity (Wildman–Crippen MR) is 79.7 cm³/mol. The summed E-state index contributed by atoms with van der Waals surface area (Å²) in [5, 5.41) is 10.1. The lowest BCUT2D eigenvalue weighted by molar-refractivity contribution is -0.136. The molecule has 1 aliphatic heterocycles. The number of carbonyl (C=O) groups excluding carboxylic acids is 1. The van der Waals surface area contributed by atoms with E-state index in [1.165, 1.54) is 0 Å². The summed E-state index contributed by atoms with van der Waals surface area (Å²) in [5.41, 5.74) is 0.0475. The van der Waals surface area contributed by atoms with Crippen LogP contribution in [-0.4, -0.2) is 48.8 Å². The Balaban J connectivity index is 2.09. The summed E-state index contributed by atoms with van der Waals surface area (Å²) in [4.78, 5) is 14.1. The largest absolute Gasteiger partial charge is 0.497 e. The number of amides is 1. The fourth-order valence-electron chi connectivity index (χ4n) is 2.71. The van der Waals surface area contributed by atoms with Crippen LogP contribution in [0.5, 0.6) is 11.5 Å². The van der Waals surface area contributed by atoms with Crippen molar-refractivity contribution < 1.29 is 19.4 Å². The van der Waals surface area contributed by atoms with Gasteiger partial charge in [-0.05, 0) is 25.8 Å². The predicted octanol–water partition coefficient (Wildman–Crippen LogP) is 1.62. The molecule has 5 nitrogen and oxygen atoms in total. The Morgan fingerprint density at radius 2 is 2.14 bits per heavy atom. The van der Waals surface area contributed by atoms with Gasteiger partial charge in [0.25, 0.3) is 0 Å². The van der Waals surface area contributed by atoms with Gasteiger partial charge in [-0.1, -0.05) is 6.07 Å². The van der Waals surface area contributed by atoms with Crippen molar-refractivity contribution in [2.45, 2.75) is 31.8 Å². The van der Waals surface area contributed by atoms with Crippen LogP contribution in [0, 0.1) is 0 Å². The third kappa shape index (κ3) is 3.88. The van der Waals surface area contributed by atoms with Gasteiger partial charge in [0.1, 0.15) is 11.5 Å². The summed E-state index contributed by atoms with van der Waals surface area (Å²) in [5.74, 6) is 1.36. The zero-order valence-electron chi connectivity index (χ0n) is 12.9. The number of aliphatic hydroxyl groups is 1. The SMILES string of the molecule is COc1ccc(CC(=O)N2CCCC(C)(O)C2)c(OC)c1. The molecule has 1 atom stereocenters. The van der Waals surface area contributed by atoms with Gasteiger partial charge in [0, 0.05) is 24.7 Å². The molecule has 21 heavy (non-hydrogen) atoms. The highest BCUT2D eigenvalue weighted by atomic mass is 16.5. The Morgan fingerprint density at radius 1 is 1.38 bits per heavy atom. The molecular weight excluding hydrogens is 270 g/mol. The van der Waals surface area contributed by atoms with E-state index in [0.29, 0.717) is 24.6 Å². The molecule has 1 aliphatic rings. The van der Waals surface area contributed by atoms with Crippen molar-refractivity contribution >= 4 is 5.91 Å². The number of hydrogen-bond acceptors (Lipinski definition) is 4. The molecule has 1 amide bonds. The molecule has 0 saturated carbocycles. The topological polar surface area (TPSA) is 59.0 Å². The minimum atomic E-state index is -0.780. The Bertz CT molecular complexity index is 513. The first-order chi connectivity index (χ1) is 9.95. The molecular formula is C16H23NO4. The number of rotatable bonds is 4. The van der Waals surface area contributed by atoms with Gasteiger partial charge >= 0.3 is 0 Å². The Hall–Kier alpha value is -1.75. The maximum Gasteiger partial charge on any atom is 0.227 e. The summed E-state index contributed by atoms with van der Waals surface area (Å²) in [7, 11) is 3.17. The molecule has 1 unspecified atom stereocenters. The highest BCUT2D eigenvalue weighted by molar-refractivity contribution is 5.79. The van der Waals surface area contributed by atoms with Gasteiger partial charge in [-0.25, -0.2) is 0 Å². The molecule has 1 aromatic carbocycles. The van der Waals surface area contributed by atoms with Gasteiger partial charge in [-0.2, -0.15) is 0 Å². The lowest BCUT2D eigenvalue weighted by atomic mass is 9.94. The molecule has 5 heteroatoms. The standard InChI is InChI=1S/C16H23NO4/c1-16(19)7-4-8-17(11-16)15(18)9-12-5-6-13(20-2)10-14(12)21-3/h5-6,10,19H,4,7-9,11H2,1-3H3. The second kappa shape index (κ2) is 6.35. The molecule has 0 aromatic heterocycles. The van der Waals surface area contributed by atoms with Gasteiger partial charge < -0.3 is 19.5 Å². The molecule has 1 fully saturated rings. The zero-order valence-corrected chi connectivity index (χ0v) is 12.9. The molecule has 0 spiro atoms. The first-order valence-corrected chi connectivity index (χ1v) is 7.16. The minimum Gasteiger partial charge on any atom is -0.497 e. The van der Waals surface area contributed by atoms with Crippen LogP contribution in [-0.2, 0) is 11.2 Å². The number of ether oxygens (including phenoxy) is 2. The smallest absolute Gasteiger partial charge is 0.227 e. The lowest BCUT2D eigenvalue weighted by Crippen LogP contribution is -2.49. The first-order valence-electron chi connectivity index (χ1n) is 7.16. The van der Waals surface area contributed by atoms with Gasteiger partial charge in [0.15, 0.2) is 0 Å².